The summed E-state index contributed by atoms with van der Waals surface area (Å²) >= 11 is 1.60. The average Bonchev–Trinajstić information content (AvgIpc) is 4.33. The van der Waals surface area contributed by atoms with Gasteiger partial charge in [0.25, 0.3) is 0 Å². The van der Waals surface area contributed by atoms with Crippen molar-refractivity contribution in [3.63, 3.8) is 0 Å². The predicted octanol–water partition coefficient (Wildman–Crippen LogP) is 7.74. The second kappa shape index (κ2) is 24.7. The maximum absolute atomic E-state index is 17.1. The molecule has 3 aromatic carbocycles. The van der Waals surface area contributed by atoms with Crippen molar-refractivity contribution in [3.8, 4) is 33.5 Å². The number of aromatic hydroxyl groups is 1. The van der Waals surface area contributed by atoms with Crippen LogP contribution >= 0.6 is 11.3 Å². The number of carbonyl (C=O) groups is 3. The third-order valence-electron chi connectivity index (χ3n) is 15.8. The number of benzene rings is 3. The molecule has 0 radical (unpaired) electrons. The van der Waals surface area contributed by atoms with E-state index in [1.165, 1.54) is 0 Å². The van der Waals surface area contributed by atoms with Crippen LogP contribution in [0.5, 0.6) is 11.8 Å². The molecule has 4 saturated heterocycles. The lowest BCUT2D eigenvalue weighted by atomic mass is 9.85. The Morgan fingerprint density at radius 2 is 1.69 bits per heavy atom. The van der Waals surface area contributed by atoms with Crippen LogP contribution in [0.1, 0.15) is 96.0 Å². The van der Waals surface area contributed by atoms with Gasteiger partial charge in [-0.05, 0) is 123 Å². The van der Waals surface area contributed by atoms with Gasteiger partial charge in [-0.1, -0.05) is 70.2 Å². The number of hydrogen-bond acceptors (Lipinski definition) is 15. The standard InChI is InChI=1S/C58H71FN10O6S.CH4O/c1-7-37-10-8-11-40-26-43(70)27-44(48(37)40)50-49(59)51-45(28-60-50)54(68-29-41-17-18-42(30-68)63-41)66-57(65-51)75-25-24-67-22-19-36(20-23-67)31-74-32-47(71)64-53(58(4,5)6)56(73)69-21-9-12-46(69)55(72)62-34(2)38-13-15-39(16-14-38)52-35(3)61-33-76-52;1-2/h8,10-11,13-16,26-28,33-34,36,41-42,46,53,63,70H,7,9,12,17-25,29-32H2,1-6H3,(H,62,72)(H,64,71);2H,1H3. The molecule has 0 spiro atoms. The number of carbonyl (C=O) groups excluding carboxylic acids is 3. The number of thiazole rings is 1. The number of halogens is 1. The summed E-state index contributed by atoms with van der Waals surface area (Å²) in [6.07, 6.45) is 7.51. The lowest BCUT2D eigenvalue weighted by Gasteiger charge is -2.35. The van der Waals surface area contributed by atoms with Crippen molar-refractivity contribution in [2.24, 2.45) is 11.3 Å². The third kappa shape index (κ3) is 12.6. The molecule has 416 valence electrons. The quantitative estimate of drug-likeness (QED) is 0.0593. The van der Waals surface area contributed by atoms with E-state index in [0.29, 0.717) is 68.0 Å². The van der Waals surface area contributed by atoms with Gasteiger partial charge in [0.2, 0.25) is 17.7 Å². The molecule has 4 aliphatic rings. The summed E-state index contributed by atoms with van der Waals surface area (Å²) in [6, 6.07) is 16.3. The number of anilines is 1. The molecule has 4 fully saturated rings. The highest BCUT2D eigenvalue weighted by molar-refractivity contribution is 7.13. The van der Waals surface area contributed by atoms with Crippen LogP contribution in [0.25, 0.3) is 43.4 Å². The molecule has 78 heavy (non-hydrogen) atoms. The van der Waals surface area contributed by atoms with Crippen molar-refractivity contribution >= 4 is 56.6 Å². The Labute approximate surface area is 460 Å². The van der Waals surface area contributed by atoms with E-state index in [4.69, 9.17) is 29.5 Å². The molecule has 5 atom stereocenters. The topological polar surface area (TPSA) is 207 Å². The third-order valence-corrected chi connectivity index (χ3v) is 16.8. The van der Waals surface area contributed by atoms with Crippen LogP contribution in [0.2, 0.25) is 0 Å². The molecular formula is C59H75FN10O7S. The highest BCUT2D eigenvalue weighted by atomic mass is 32.1. The zero-order valence-corrected chi connectivity index (χ0v) is 46.8. The number of nitrogens with zero attached hydrogens (tertiary/aromatic N) is 7. The number of pyridine rings is 1. The number of ether oxygens (including phenoxy) is 2. The number of aromatic nitrogens is 4. The van der Waals surface area contributed by atoms with E-state index < -0.39 is 23.3 Å². The fourth-order valence-electron chi connectivity index (χ4n) is 11.6. The lowest BCUT2D eigenvalue weighted by Crippen LogP contribution is -2.58. The largest absolute Gasteiger partial charge is 0.508 e. The van der Waals surface area contributed by atoms with Gasteiger partial charge in [0.05, 0.1) is 34.1 Å². The zero-order valence-electron chi connectivity index (χ0n) is 46.0. The predicted molar refractivity (Wildman–Crippen MR) is 302 cm³/mol. The second-order valence-electron chi connectivity index (χ2n) is 22.2. The van der Waals surface area contributed by atoms with Crippen molar-refractivity contribution < 1.29 is 38.5 Å². The van der Waals surface area contributed by atoms with Crippen molar-refractivity contribution in [2.45, 2.75) is 117 Å². The van der Waals surface area contributed by atoms with Crippen LogP contribution in [0, 0.1) is 24.1 Å². The van der Waals surface area contributed by atoms with E-state index >= 15 is 4.39 Å². The molecule has 19 heteroatoms. The van der Waals surface area contributed by atoms with Gasteiger partial charge in [-0.15, -0.1) is 11.3 Å². The van der Waals surface area contributed by atoms with E-state index in [2.05, 4.69) is 37.7 Å². The fourth-order valence-corrected chi connectivity index (χ4v) is 12.4. The van der Waals surface area contributed by atoms with E-state index in [1.807, 2.05) is 82.6 Å². The maximum atomic E-state index is 17.1. The van der Waals surface area contributed by atoms with Gasteiger partial charge in [0, 0.05) is 57.1 Å². The molecule has 5 N–H and O–H groups in total. The monoisotopic (exact) mass is 1090 g/mol. The molecular weight excluding hydrogens is 1010 g/mol. The van der Waals surface area contributed by atoms with Crippen LogP contribution in [0.3, 0.4) is 0 Å². The molecule has 5 unspecified atom stereocenters. The Morgan fingerprint density at radius 3 is 2.38 bits per heavy atom. The van der Waals surface area contributed by atoms with Gasteiger partial charge < -0.3 is 45.4 Å². The Hall–Kier alpha value is -6.38. The number of aliphatic hydroxyl groups is 1. The van der Waals surface area contributed by atoms with E-state index in [9.17, 15) is 19.5 Å². The fraction of sp³-hybridized carbons (Fsp3) is 0.508. The molecule has 3 amide bonds. The number of phenolic OH excluding ortho intramolecular Hbond substituents is 1. The highest BCUT2D eigenvalue weighted by Crippen LogP contribution is 2.39. The first kappa shape index (κ1) is 56.3. The first-order valence-electron chi connectivity index (χ1n) is 27.5. The number of fused-ring (bicyclic) bond motifs is 4. The van der Waals surface area contributed by atoms with E-state index in [1.54, 1.807) is 34.6 Å². The smallest absolute Gasteiger partial charge is 0.319 e. The lowest BCUT2D eigenvalue weighted by molar-refractivity contribution is -0.144. The van der Waals surface area contributed by atoms with Crippen LogP contribution in [-0.4, -0.2) is 148 Å². The summed E-state index contributed by atoms with van der Waals surface area (Å²) < 4.78 is 29.3. The Morgan fingerprint density at radius 1 is 0.949 bits per heavy atom. The molecule has 10 rings (SSSR count). The number of piperidine rings is 1. The number of hydrogen-bond donors (Lipinski definition) is 5. The maximum Gasteiger partial charge on any atom is 0.319 e. The molecule has 4 aliphatic heterocycles. The number of rotatable bonds is 17. The Kier molecular flexibility index (Phi) is 17.9. The van der Waals surface area contributed by atoms with Crippen LogP contribution in [-0.2, 0) is 25.5 Å². The van der Waals surface area contributed by atoms with Crippen LogP contribution < -0.4 is 25.6 Å². The highest BCUT2D eigenvalue weighted by Gasteiger charge is 2.42. The van der Waals surface area contributed by atoms with Crippen molar-refractivity contribution in [1.29, 1.82) is 0 Å². The number of piperazine rings is 1. The van der Waals surface area contributed by atoms with Gasteiger partial charge in [-0.2, -0.15) is 9.97 Å². The number of nitrogens with one attached hydrogen (secondary N) is 3. The second-order valence-corrected chi connectivity index (χ2v) is 23.1. The molecule has 2 bridgehead atoms. The minimum Gasteiger partial charge on any atom is -0.508 e. The van der Waals surface area contributed by atoms with Gasteiger partial charge in [0.1, 0.15) is 48.1 Å². The summed E-state index contributed by atoms with van der Waals surface area (Å²) in [6.45, 7) is 16.4. The molecule has 6 aromatic rings. The molecule has 0 saturated carbocycles. The zero-order chi connectivity index (χ0) is 55.3. The minimum absolute atomic E-state index is 0.0307. The normalized spacial score (nSPS) is 19.6. The number of likely N-dealkylation sites (tertiary alicyclic amines) is 2. The Balaban J connectivity index is 0.00000366. The first-order chi connectivity index (χ1) is 37.6. The summed E-state index contributed by atoms with van der Waals surface area (Å²) in [5.41, 5.74) is 6.03. The van der Waals surface area contributed by atoms with E-state index in [0.717, 1.165) is 103 Å². The van der Waals surface area contributed by atoms with E-state index in [-0.39, 0.29) is 59.3 Å². The van der Waals surface area contributed by atoms with Crippen molar-refractivity contribution in [3.05, 3.63) is 88.9 Å². The van der Waals surface area contributed by atoms with Gasteiger partial charge in [-0.25, -0.2) is 9.37 Å². The number of phenols is 1. The minimum atomic E-state index is -0.848. The van der Waals surface area contributed by atoms with Gasteiger partial charge >= 0.3 is 6.01 Å². The number of amides is 3. The summed E-state index contributed by atoms with van der Waals surface area (Å²) in [4.78, 5) is 67.3. The number of aliphatic hydroxyl groups excluding tert-OH is 1. The SMILES string of the molecule is CCc1cccc2cc(O)cc(-c3ncc4c(N5CC6CCC(C5)N6)nc(OCCN5CCC(COCC(=O)NC(C(=O)N6CCCC6C(=O)NC(C)c6ccc(-c7scnc7C)cc6)C(C)(C)C)CC5)nc4c3F)c12.CO. The van der Waals surface area contributed by atoms with Gasteiger partial charge in [-0.3, -0.25) is 24.3 Å². The molecule has 3 aromatic heterocycles. The van der Waals surface area contributed by atoms with Crippen LogP contribution in [0.4, 0.5) is 10.2 Å². The summed E-state index contributed by atoms with van der Waals surface area (Å²) in [5, 5.41) is 29.7. The summed E-state index contributed by atoms with van der Waals surface area (Å²) in [7, 11) is 1.00. The van der Waals surface area contributed by atoms with Crippen LogP contribution in [0.15, 0.2) is 66.3 Å². The van der Waals surface area contributed by atoms with Crippen molar-refractivity contribution in [2.75, 3.05) is 71.1 Å². The first-order valence-corrected chi connectivity index (χ1v) is 28.4. The number of aryl methyl sites for hydroxylation is 2. The summed E-state index contributed by atoms with van der Waals surface area (Å²) in [5.74, 6) is -0.550. The Bertz CT molecular complexity index is 3080. The average molecular weight is 1090 g/mol. The molecule has 7 heterocycles. The van der Waals surface area contributed by atoms with Crippen molar-refractivity contribution in [1.82, 2.24) is 45.7 Å². The molecule has 0 aliphatic carbocycles. The molecule has 17 nitrogen and oxygen atoms in total. The van der Waals surface area contributed by atoms with Gasteiger partial charge in [0.15, 0.2) is 5.82 Å².